The minimum absolute atomic E-state index is 0.0226. The maximum atomic E-state index is 13.3. The van der Waals surface area contributed by atoms with Crippen LogP contribution in [0, 0.1) is 17.3 Å². The Labute approximate surface area is 163 Å². The van der Waals surface area contributed by atoms with Crippen LogP contribution in [-0.4, -0.2) is 35.3 Å². The fourth-order valence-electron chi connectivity index (χ4n) is 4.38. The molecule has 1 aliphatic heterocycles. The summed E-state index contributed by atoms with van der Waals surface area (Å²) in [4.78, 5) is 28.1. The molecule has 1 saturated carbocycles. The normalized spacial score (nSPS) is 28.2. The average Bonchev–Trinajstić information content (AvgIpc) is 3.36. The summed E-state index contributed by atoms with van der Waals surface area (Å²) < 4.78 is 0. The minimum atomic E-state index is -0.328. The molecule has 0 aromatic heterocycles. The fourth-order valence-corrected chi connectivity index (χ4v) is 4.38. The summed E-state index contributed by atoms with van der Waals surface area (Å²) in [5, 5.41) is 3.18. The molecule has 1 aromatic rings. The zero-order valence-electron chi connectivity index (χ0n) is 17.4. The lowest BCUT2D eigenvalue weighted by atomic mass is 9.86. The van der Waals surface area contributed by atoms with Gasteiger partial charge in [0.05, 0.1) is 0 Å². The first kappa shape index (κ1) is 19.9. The molecule has 4 unspecified atom stereocenters. The van der Waals surface area contributed by atoms with Crippen LogP contribution in [0.25, 0.3) is 0 Å². The Bertz CT molecular complexity index is 677. The zero-order valence-corrected chi connectivity index (χ0v) is 17.4. The van der Waals surface area contributed by atoms with Gasteiger partial charge in [-0.2, -0.15) is 0 Å². The number of rotatable bonds is 5. The van der Waals surface area contributed by atoms with E-state index >= 15 is 0 Å². The number of benzene rings is 1. The van der Waals surface area contributed by atoms with Crippen molar-refractivity contribution >= 4 is 11.8 Å². The molecule has 1 aromatic carbocycles. The number of nitrogens with one attached hydrogen (secondary N) is 1. The number of carbonyl (C=O) groups is 2. The van der Waals surface area contributed by atoms with E-state index in [2.05, 4.69) is 52.1 Å². The molecule has 2 aliphatic rings. The lowest BCUT2D eigenvalue weighted by Crippen LogP contribution is -2.62. The van der Waals surface area contributed by atoms with Crippen molar-refractivity contribution in [1.82, 2.24) is 10.2 Å². The Morgan fingerprint density at radius 3 is 2.48 bits per heavy atom. The van der Waals surface area contributed by atoms with Crippen LogP contribution in [0.3, 0.4) is 0 Å². The van der Waals surface area contributed by atoms with Crippen molar-refractivity contribution in [3.63, 3.8) is 0 Å². The predicted octanol–water partition coefficient (Wildman–Crippen LogP) is 3.97. The third-order valence-corrected chi connectivity index (χ3v) is 5.61. The molecule has 1 aliphatic carbocycles. The van der Waals surface area contributed by atoms with Crippen molar-refractivity contribution in [2.24, 2.45) is 17.3 Å². The van der Waals surface area contributed by atoms with Crippen LogP contribution >= 0.6 is 0 Å². The van der Waals surface area contributed by atoms with Crippen molar-refractivity contribution in [1.29, 1.82) is 0 Å². The Hall–Kier alpha value is -1.84. The van der Waals surface area contributed by atoms with Crippen molar-refractivity contribution < 1.29 is 9.59 Å². The van der Waals surface area contributed by atoms with Crippen LogP contribution in [0.5, 0.6) is 0 Å². The molecule has 2 amide bonds. The summed E-state index contributed by atoms with van der Waals surface area (Å²) in [6.07, 6.45) is 2.51. The standard InChI is InChI=1S/C23H34N2O2/c1-15(2)11-20-21(26)24-17(13-23(3,4)5)14-25(20)22(27)19-12-18(19)16-9-7-6-8-10-16/h6-10,15,17-20H,11-14H2,1-5H3,(H,24,26). The van der Waals surface area contributed by atoms with Crippen molar-refractivity contribution in [3.05, 3.63) is 35.9 Å². The van der Waals surface area contributed by atoms with Crippen LogP contribution in [0.4, 0.5) is 0 Å². The highest BCUT2D eigenvalue weighted by Crippen LogP contribution is 2.49. The molecular weight excluding hydrogens is 336 g/mol. The number of piperazine rings is 1. The lowest BCUT2D eigenvalue weighted by molar-refractivity contribution is -0.146. The molecule has 4 atom stereocenters. The monoisotopic (exact) mass is 370 g/mol. The van der Waals surface area contributed by atoms with Gasteiger partial charge >= 0.3 is 0 Å². The lowest BCUT2D eigenvalue weighted by Gasteiger charge is -2.42. The van der Waals surface area contributed by atoms with E-state index < -0.39 is 0 Å². The first-order valence-electron chi connectivity index (χ1n) is 10.3. The highest BCUT2D eigenvalue weighted by molar-refractivity contribution is 5.91. The Morgan fingerprint density at radius 1 is 1.22 bits per heavy atom. The molecule has 3 rings (SSSR count). The van der Waals surface area contributed by atoms with Crippen molar-refractivity contribution in [3.8, 4) is 0 Å². The molecular formula is C23H34N2O2. The number of hydrogen-bond donors (Lipinski definition) is 1. The van der Waals surface area contributed by atoms with Gasteiger partial charge in [-0.05, 0) is 42.1 Å². The second-order valence-corrected chi connectivity index (χ2v) is 9.97. The van der Waals surface area contributed by atoms with E-state index in [-0.39, 0.29) is 35.2 Å². The number of hydrogen-bond acceptors (Lipinski definition) is 2. The Balaban J connectivity index is 1.75. The fraction of sp³-hybridized carbons (Fsp3) is 0.652. The van der Waals surface area contributed by atoms with Crippen LogP contribution in [0.2, 0.25) is 0 Å². The van der Waals surface area contributed by atoms with Crippen LogP contribution in [0.15, 0.2) is 30.3 Å². The first-order chi connectivity index (χ1) is 12.7. The number of amides is 2. The molecule has 0 spiro atoms. The van der Waals surface area contributed by atoms with Gasteiger partial charge in [0.1, 0.15) is 6.04 Å². The van der Waals surface area contributed by atoms with Gasteiger partial charge in [0.2, 0.25) is 11.8 Å². The van der Waals surface area contributed by atoms with Gasteiger partial charge in [-0.25, -0.2) is 0 Å². The van der Waals surface area contributed by atoms with E-state index in [1.165, 1.54) is 5.56 Å². The van der Waals surface area contributed by atoms with Gasteiger partial charge in [0.25, 0.3) is 0 Å². The van der Waals surface area contributed by atoms with E-state index in [0.717, 1.165) is 19.3 Å². The van der Waals surface area contributed by atoms with Gasteiger partial charge in [0, 0.05) is 18.5 Å². The first-order valence-corrected chi connectivity index (χ1v) is 10.3. The predicted molar refractivity (Wildman–Crippen MR) is 108 cm³/mol. The molecule has 4 heteroatoms. The van der Waals surface area contributed by atoms with E-state index in [9.17, 15) is 9.59 Å². The van der Waals surface area contributed by atoms with Gasteiger partial charge in [-0.3, -0.25) is 9.59 Å². The summed E-state index contributed by atoms with van der Waals surface area (Å²) in [6.45, 7) is 11.4. The van der Waals surface area contributed by atoms with Gasteiger partial charge < -0.3 is 10.2 Å². The molecule has 27 heavy (non-hydrogen) atoms. The second kappa shape index (κ2) is 7.65. The summed E-state index contributed by atoms with van der Waals surface area (Å²) in [6, 6.07) is 10.00. The number of nitrogens with zero attached hydrogens (tertiary/aromatic N) is 1. The van der Waals surface area contributed by atoms with Crippen molar-refractivity contribution in [2.75, 3.05) is 6.54 Å². The molecule has 1 saturated heterocycles. The van der Waals surface area contributed by atoms with E-state index in [4.69, 9.17) is 0 Å². The van der Waals surface area contributed by atoms with Crippen LogP contribution in [0.1, 0.15) is 65.4 Å². The molecule has 2 fully saturated rings. The molecule has 1 N–H and O–H groups in total. The molecule has 148 valence electrons. The molecule has 4 nitrogen and oxygen atoms in total. The van der Waals surface area contributed by atoms with E-state index in [0.29, 0.717) is 18.4 Å². The third kappa shape index (κ3) is 4.91. The van der Waals surface area contributed by atoms with E-state index in [1.54, 1.807) is 0 Å². The highest BCUT2D eigenvalue weighted by atomic mass is 16.2. The van der Waals surface area contributed by atoms with Crippen LogP contribution in [-0.2, 0) is 9.59 Å². The summed E-state index contributed by atoms with van der Waals surface area (Å²) in [5.74, 6) is 0.907. The largest absolute Gasteiger partial charge is 0.350 e. The number of carbonyl (C=O) groups excluding carboxylic acids is 2. The quantitative estimate of drug-likeness (QED) is 0.853. The van der Waals surface area contributed by atoms with Gasteiger partial charge in [0.15, 0.2) is 0 Å². The third-order valence-electron chi connectivity index (χ3n) is 5.61. The summed E-state index contributed by atoms with van der Waals surface area (Å²) >= 11 is 0. The Kier molecular flexibility index (Phi) is 5.64. The molecule has 0 bridgehead atoms. The maximum Gasteiger partial charge on any atom is 0.243 e. The van der Waals surface area contributed by atoms with Gasteiger partial charge in [-0.1, -0.05) is 65.0 Å². The Morgan fingerprint density at radius 2 is 1.89 bits per heavy atom. The van der Waals surface area contributed by atoms with Crippen molar-refractivity contribution in [2.45, 2.75) is 71.9 Å². The summed E-state index contributed by atoms with van der Waals surface area (Å²) in [7, 11) is 0. The molecule has 1 heterocycles. The topological polar surface area (TPSA) is 49.4 Å². The maximum absolute atomic E-state index is 13.3. The van der Waals surface area contributed by atoms with Gasteiger partial charge in [-0.15, -0.1) is 0 Å². The zero-order chi connectivity index (χ0) is 19.8. The van der Waals surface area contributed by atoms with E-state index in [1.807, 2.05) is 23.1 Å². The summed E-state index contributed by atoms with van der Waals surface area (Å²) in [5.41, 5.74) is 1.35. The SMILES string of the molecule is CC(C)CC1C(=O)NC(CC(C)(C)C)CN1C(=O)C1CC1c1ccccc1. The molecule has 0 radical (unpaired) electrons. The second-order valence-electron chi connectivity index (χ2n) is 9.97. The smallest absolute Gasteiger partial charge is 0.243 e. The highest BCUT2D eigenvalue weighted by Gasteiger charge is 2.49. The van der Waals surface area contributed by atoms with Crippen LogP contribution < -0.4 is 5.32 Å². The average molecular weight is 371 g/mol. The minimum Gasteiger partial charge on any atom is -0.350 e.